The molecule has 3 aromatic rings. The maximum Gasteiger partial charge on any atom is 0.274 e. The third-order valence-corrected chi connectivity index (χ3v) is 3.37. The van der Waals surface area contributed by atoms with Gasteiger partial charge in [0.15, 0.2) is 11.5 Å². The first-order chi connectivity index (χ1) is 11.0. The highest BCUT2D eigenvalue weighted by atomic mass is 19.1. The number of fused-ring (bicyclic) bond motifs is 1. The molecule has 0 saturated heterocycles. The molecule has 23 heavy (non-hydrogen) atoms. The highest BCUT2D eigenvalue weighted by Crippen LogP contribution is 2.14. The number of anilines is 1. The lowest BCUT2D eigenvalue weighted by atomic mass is 10.1. The van der Waals surface area contributed by atoms with Crippen LogP contribution in [0.4, 0.5) is 10.2 Å². The summed E-state index contributed by atoms with van der Waals surface area (Å²) < 4.78 is 13.4. The highest BCUT2D eigenvalue weighted by Gasteiger charge is 2.14. The number of halogens is 1. The summed E-state index contributed by atoms with van der Waals surface area (Å²) in [5.74, 6) is -0.710. The van der Waals surface area contributed by atoms with Crippen molar-refractivity contribution in [2.24, 2.45) is 0 Å². The van der Waals surface area contributed by atoms with Gasteiger partial charge in [-0.15, -0.1) is 0 Å². The first kappa shape index (κ1) is 14.9. The second-order valence-electron chi connectivity index (χ2n) is 5.27. The van der Waals surface area contributed by atoms with E-state index in [0.29, 0.717) is 16.6 Å². The molecule has 2 aromatic carbocycles. The summed E-state index contributed by atoms with van der Waals surface area (Å²) in [6.07, 6.45) is 0. The monoisotopic (exact) mass is 310 g/mol. The summed E-state index contributed by atoms with van der Waals surface area (Å²) in [5.41, 5.74) is 8.56. The Balaban J connectivity index is 1.81. The molecule has 0 unspecified atom stereocenters. The number of amides is 1. The van der Waals surface area contributed by atoms with E-state index in [1.807, 2.05) is 12.1 Å². The van der Waals surface area contributed by atoms with E-state index in [1.165, 1.54) is 12.1 Å². The number of nitrogen functional groups attached to an aromatic ring is 1. The van der Waals surface area contributed by atoms with Crippen LogP contribution in [0.5, 0.6) is 0 Å². The Morgan fingerprint density at radius 2 is 1.87 bits per heavy atom. The first-order valence-corrected chi connectivity index (χ1v) is 7.09. The minimum atomic E-state index is -0.442. The Morgan fingerprint density at radius 1 is 1.17 bits per heavy atom. The van der Waals surface area contributed by atoms with E-state index < -0.39 is 5.91 Å². The first-order valence-electron chi connectivity index (χ1n) is 7.09. The average molecular weight is 310 g/mol. The van der Waals surface area contributed by atoms with Gasteiger partial charge in [0.2, 0.25) is 0 Å². The second kappa shape index (κ2) is 6.00. The number of carbonyl (C=O) groups excluding carboxylic acids is 1. The van der Waals surface area contributed by atoms with Crippen LogP contribution in [-0.4, -0.2) is 15.9 Å². The van der Waals surface area contributed by atoms with Gasteiger partial charge in [-0.05, 0) is 42.3 Å². The molecular formula is C17H15FN4O. The predicted molar refractivity (Wildman–Crippen MR) is 86.3 cm³/mol. The van der Waals surface area contributed by atoms with Gasteiger partial charge in [0.05, 0.1) is 11.0 Å². The van der Waals surface area contributed by atoms with Crippen molar-refractivity contribution in [2.45, 2.75) is 13.5 Å². The molecule has 0 aliphatic rings. The van der Waals surface area contributed by atoms with Crippen LogP contribution in [0.15, 0.2) is 42.5 Å². The number of benzene rings is 2. The Kier molecular flexibility index (Phi) is 3.89. The van der Waals surface area contributed by atoms with Crippen molar-refractivity contribution in [1.29, 1.82) is 0 Å². The minimum Gasteiger partial charge on any atom is -0.382 e. The molecule has 0 aliphatic carbocycles. The van der Waals surface area contributed by atoms with E-state index >= 15 is 0 Å². The number of nitrogens with one attached hydrogen (secondary N) is 1. The van der Waals surface area contributed by atoms with Crippen LogP contribution in [0.25, 0.3) is 11.0 Å². The number of para-hydroxylation sites is 2. The Labute approximate surface area is 132 Å². The highest BCUT2D eigenvalue weighted by molar-refractivity contribution is 5.98. The van der Waals surface area contributed by atoms with E-state index in [9.17, 15) is 9.18 Å². The SMILES string of the molecule is Cc1cc(F)cc(CNC(=O)c2nc3ccccc3nc2N)c1. The van der Waals surface area contributed by atoms with Gasteiger partial charge in [-0.25, -0.2) is 14.4 Å². The quantitative estimate of drug-likeness (QED) is 0.779. The van der Waals surface area contributed by atoms with Gasteiger partial charge in [0.25, 0.3) is 5.91 Å². The maximum atomic E-state index is 13.4. The Morgan fingerprint density at radius 3 is 2.57 bits per heavy atom. The number of hydrogen-bond acceptors (Lipinski definition) is 4. The lowest BCUT2D eigenvalue weighted by Gasteiger charge is -2.08. The number of rotatable bonds is 3. The summed E-state index contributed by atoms with van der Waals surface area (Å²) in [6.45, 7) is 1.98. The van der Waals surface area contributed by atoms with Gasteiger partial charge in [0, 0.05) is 6.54 Å². The van der Waals surface area contributed by atoms with E-state index in [1.54, 1.807) is 25.1 Å². The van der Waals surface area contributed by atoms with Crippen molar-refractivity contribution < 1.29 is 9.18 Å². The molecule has 1 aromatic heterocycles. The molecule has 0 atom stereocenters. The fourth-order valence-corrected chi connectivity index (χ4v) is 2.36. The van der Waals surface area contributed by atoms with Gasteiger partial charge in [0.1, 0.15) is 5.82 Å². The van der Waals surface area contributed by atoms with Crippen LogP contribution < -0.4 is 11.1 Å². The molecule has 1 heterocycles. The molecular weight excluding hydrogens is 295 g/mol. The molecule has 0 aliphatic heterocycles. The summed E-state index contributed by atoms with van der Waals surface area (Å²) in [4.78, 5) is 20.7. The normalized spacial score (nSPS) is 10.7. The molecule has 0 fully saturated rings. The zero-order valence-electron chi connectivity index (χ0n) is 12.5. The van der Waals surface area contributed by atoms with Crippen LogP contribution in [0, 0.1) is 12.7 Å². The number of aromatic nitrogens is 2. The smallest absolute Gasteiger partial charge is 0.274 e. The van der Waals surface area contributed by atoms with Crippen molar-refractivity contribution >= 4 is 22.8 Å². The number of hydrogen-bond donors (Lipinski definition) is 2. The average Bonchev–Trinajstić information content (AvgIpc) is 2.51. The Hall–Kier alpha value is -3.02. The second-order valence-corrected chi connectivity index (χ2v) is 5.27. The number of nitrogens with two attached hydrogens (primary N) is 1. The maximum absolute atomic E-state index is 13.4. The largest absolute Gasteiger partial charge is 0.382 e. The summed E-state index contributed by atoms with van der Waals surface area (Å²) in [6, 6.07) is 11.8. The van der Waals surface area contributed by atoms with Gasteiger partial charge < -0.3 is 11.1 Å². The van der Waals surface area contributed by atoms with Crippen LogP contribution in [0.3, 0.4) is 0 Å². The summed E-state index contributed by atoms with van der Waals surface area (Å²) in [5, 5.41) is 2.69. The van der Waals surface area contributed by atoms with Crippen molar-refractivity contribution in [3.8, 4) is 0 Å². The van der Waals surface area contributed by atoms with Crippen LogP contribution >= 0.6 is 0 Å². The third-order valence-electron chi connectivity index (χ3n) is 3.37. The third kappa shape index (κ3) is 3.26. The lowest BCUT2D eigenvalue weighted by Crippen LogP contribution is -2.25. The van der Waals surface area contributed by atoms with Crippen molar-refractivity contribution in [1.82, 2.24) is 15.3 Å². The van der Waals surface area contributed by atoms with Crippen LogP contribution in [0.1, 0.15) is 21.6 Å². The van der Waals surface area contributed by atoms with Crippen molar-refractivity contribution in [2.75, 3.05) is 5.73 Å². The molecule has 3 rings (SSSR count). The van der Waals surface area contributed by atoms with Gasteiger partial charge in [-0.2, -0.15) is 0 Å². The minimum absolute atomic E-state index is 0.0663. The van der Waals surface area contributed by atoms with E-state index in [2.05, 4.69) is 15.3 Å². The van der Waals surface area contributed by atoms with Gasteiger partial charge in [-0.1, -0.05) is 18.2 Å². The molecule has 0 spiro atoms. The topological polar surface area (TPSA) is 80.9 Å². The zero-order chi connectivity index (χ0) is 16.4. The number of nitrogens with zero attached hydrogens (tertiary/aromatic N) is 2. The number of carbonyl (C=O) groups is 1. The van der Waals surface area contributed by atoms with Gasteiger partial charge in [-0.3, -0.25) is 4.79 Å². The predicted octanol–water partition coefficient (Wildman–Crippen LogP) is 2.59. The fraction of sp³-hybridized carbons (Fsp3) is 0.118. The van der Waals surface area contributed by atoms with E-state index in [-0.39, 0.29) is 23.9 Å². The lowest BCUT2D eigenvalue weighted by molar-refractivity contribution is 0.0947. The van der Waals surface area contributed by atoms with Crippen LogP contribution in [0.2, 0.25) is 0 Å². The van der Waals surface area contributed by atoms with Crippen molar-refractivity contribution in [3.05, 3.63) is 65.1 Å². The molecule has 6 heteroatoms. The molecule has 0 bridgehead atoms. The van der Waals surface area contributed by atoms with Gasteiger partial charge >= 0.3 is 0 Å². The zero-order valence-corrected chi connectivity index (χ0v) is 12.5. The molecule has 5 nitrogen and oxygen atoms in total. The van der Waals surface area contributed by atoms with Crippen LogP contribution in [-0.2, 0) is 6.54 Å². The fourth-order valence-electron chi connectivity index (χ4n) is 2.36. The molecule has 116 valence electrons. The van der Waals surface area contributed by atoms with E-state index in [0.717, 1.165) is 5.56 Å². The molecule has 1 amide bonds. The van der Waals surface area contributed by atoms with Crippen molar-refractivity contribution in [3.63, 3.8) is 0 Å². The molecule has 0 saturated carbocycles. The molecule has 0 radical (unpaired) electrons. The Bertz CT molecular complexity index is 875. The summed E-state index contributed by atoms with van der Waals surface area (Å²) in [7, 11) is 0. The number of aryl methyl sites for hydroxylation is 1. The standard InChI is InChI=1S/C17H15FN4O/c1-10-6-11(8-12(18)7-10)9-20-17(23)15-16(19)22-14-5-3-2-4-13(14)21-15/h2-8H,9H2,1H3,(H2,19,22)(H,20,23). The van der Waals surface area contributed by atoms with E-state index in [4.69, 9.17) is 5.73 Å². The summed E-state index contributed by atoms with van der Waals surface area (Å²) >= 11 is 0. The molecule has 3 N–H and O–H groups in total.